The van der Waals surface area contributed by atoms with Crippen LogP contribution in [0.15, 0.2) is 11.0 Å². The minimum atomic E-state index is -0.576. The first-order valence-corrected chi connectivity index (χ1v) is 4.54. The molecule has 1 aromatic rings. The van der Waals surface area contributed by atoms with Gasteiger partial charge in [0.2, 0.25) is 0 Å². The highest BCUT2D eigenvalue weighted by atomic mass is 16.5. The molecule has 0 saturated carbocycles. The summed E-state index contributed by atoms with van der Waals surface area (Å²) in [6.07, 6.45) is 1.48. The van der Waals surface area contributed by atoms with Crippen molar-refractivity contribution < 1.29 is 9.53 Å². The number of rotatable bonds is 3. The van der Waals surface area contributed by atoms with Gasteiger partial charge in [0.05, 0.1) is 6.61 Å². The lowest BCUT2D eigenvalue weighted by atomic mass is 10.3. The Balaban J connectivity index is 2.99. The van der Waals surface area contributed by atoms with Crippen molar-refractivity contribution in [2.45, 2.75) is 26.8 Å². The number of aromatic amines is 1. The maximum atomic E-state index is 11.3. The fourth-order valence-corrected chi connectivity index (χ4v) is 1.04. The lowest BCUT2D eigenvalue weighted by molar-refractivity contribution is 0.0525. The Labute approximate surface area is 81.7 Å². The Hall–Kier alpha value is -1.52. The zero-order chi connectivity index (χ0) is 10.7. The lowest BCUT2D eigenvalue weighted by Gasteiger charge is -2.03. The van der Waals surface area contributed by atoms with Gasteiger partial charge in [-0.05, 0) is 20.8 Å². The van der Waals surface area contributed by atoms with Crippen molar-refractivity contribution >= 4 is 5.97 Å². The second-order valence-corrected chi connectivity index (χ2v) is 3.21. The Morgan fingerprint density at radius 3 is 2.71 bits per heavy atom. The van der Waals surface area contributed by atoms with Crippen molar-refractivity contribution in [2.24, 2.45) is 0 Å². The van der Waals surface area contributed by atoms with E-state index in [4.69, 9.17) is 4.74 Å². The third-order valence-electron chi connectivity index (χ3n) is 1.80. The van der Waals surface area contributed by atoms with Crippen LogP contribution in [-0.4, -0.2) is 22.4 Å². The van der Waals surface area contributed by atoms with Crippen LogP contribution in [0.25, 0.3) is 0 Å². The van der Waals surface area contributed by atoms with Crippen LogP contribution in [0.3, 0.4) is 0 Å². The number of aromatic nitrogens is 2. The quantitative estimate of drug-likeness (QED) is 0.735. The predicted molar refractivity (Wildman–Crippen MR) is 51.4 cm³/mol. The summed E-state index contributed by atoms with van der Waals surface area (Å²) in [5.74, 6) is -0.576. The summed E-state index contributed by atoms with van der Waals surface area (Å²) in [6, 6.07) is 0.117. The molecular weight excluding hydrogens is 184 g/mol. The molecule has 1 heterocycles. The summed E-state index contributed by atoms with van der Waals surface area (Å²) in [7, 11) is 0. The van der Waals surface area contributed by atoms with Crippen LogP contribution in [0.5, 0.6) is 0 Å². The molecule has 78 valence electrons. The van der Waals surface area contributed by atoms with Crippen LogP contribution in [-0.2, 0) is 4.74 Å². The van der Waals surface area contributed by atoms with Crippen molar-refractivity contribution in [3.63, 3.8) is 0 Å². The number of hydrogen-bond donors (Lipinski definition) is 1. The lowest BCUT2D eigenvalue weighted by Crippen LogP contribution is -2.15. The fourth-order valence-electron chi connectivity index (χ4n) is 1.04. The van der Waals surface area contributed by atoms with Crippen molar-refractivity contribution in [1.82, 2.24) is 9.78 Å². The van der Waals surface area contributed by atoms with Gasteiger partial charge in [0.15, 0.2) is 0 Å². The molecule has 1 rings (SSSR count). The smallest absolute Gasteiger partial charge is 0.345 e. The zero-order valence-corrected chi connectivity index (χ0v) is 8.53. The molecule has 0 spiro atoms. The molecule has 1 aromatic heterocycles. The Kier molecular flexibility index (Phi) is 3.11. The topological polar surface area (TPSA) is 64.1 Å². The van der Waals surface area contributed by atoms with Crippen molar-refractivity contribution in [3.05, 3.63) is 22.1 Å². The van der Waals surface area contributed by atoms with Crippen LogP contribution in [0.2, 0.25) is 0 Å². The summed E-state index contributed by atoms with van der Waals surface area (Å²) >= 11 is 0. The van der Waals surface area contributed by atoms with Gasteiger partial charge in [0, 0.05) is 12.2 Å². The highest BCUT2D eigenvalue weighted by molar-refractivity contribution is 5.88. The van der Waals surface area contributed by atoms with Gasteiger partial charge in [-0.3, -0.25) is 14.6 Å². The molecule has 0 amide bonds. The van der Waals surface area contributed by atoms with E-state index >= 15 is 0 Å². The highest BCUT2D eigenvalue weighted by Crippen LogP contribution is 2.02. The molecule has 0 aliphatic rings. The van der Waals surface area contributed by atoms with Gasteiger partial charge in [-0.15, -0.1) is 0 Å². The molecule has 1 N–H and O–H groups in total. The summed E-state index contributed by atoms with van der Waals surface area (Å²) in [5.41, 5.74) is -0.349. The second kappa shape index (κ2) is 4.13. The Morgan fingerprint density at radius 2 is 2.29 bits per heavy atom. The molecule has 0 aliphatic heterocycles. The average Bonchev–Trinajstić information content (AvgIpc) is 2.48. The molecule has 14 heavy (non-hydrogen) atoms. The van der Waals surface area contributed by atoms with Gasteiger partial charge in [-0.25, -0.2) is 4.79 Å². The molecular formula is C9H14N2O3. The first kappa shape index (κ1) is 10.6. The molecule has 0 unspecified atom stereocenters. The zero-order valence-electron chi connectivity index (χ0n) is 8.53. The molecule has 0 bridgehead atoms. The largest absolute Gasteiger partial charge is 0.462 e. The van der Waals surface area contributed by atoms with Gasteiger partial charge in [0.25, 0.3) is 5.56 Å². The van der Waals surface area contributed by atoms with Crippen LogP contribution in [0.1, 0.15) is 37.2 Å². The molecule has 0 fully saturated rings. The average molecular weight is 198 g/mol. The van der Waals surface area contributed by atoms with Gasteiger partial charge < -0.3 is 4.74 Å². The van der Waals surface area contributed by atoms with E-state index in [1.165, 1.54) is 6.20 Å². The number of esters is 1. The summed E-state index contributed by atoms with van der Waals surface area (Å²) in [6.45, 7) is 5.78. The monoisotopic (exact) mass is 198 g/mol. The highest BCUT2D eigenvalue weighted by Gasteiger charge is 2.14. The molecule has 0 aliphatic carbocycles. The number of carbonyl (C=O) groups excluding carboxylic acids is 1. The predicted octanol–water partition coefficient (Wildman–Crippen LogP) is 0.934. The molecule has 0 radical (unpaired) electrons. The van der Waals surface area contributed by atoms with Crippen LogP contribution in [0.4, 0.5) is 0 Å². The third-order valence-corrected chi connectivity index (χ3v) is 1.80. The van der Waals surface area contributed by atoms with E-state index in [0.29, 0.717) is 0 Å². The van der Waals surface area contributed by atoms with E-state index in [9.17, 15) is 9.59 Å². The Bertz CT molecular complexity index is 376. The summed E-state index contributed by atoms with van der Waals surface area (Å²) in [5, 5.41) is 2.54. The maximum Gasteiger partial charge on any atom is 0.345 e. The molecule has 0 aromatic carbocycles. The van der Waals surface area contributed by atoms with E-state index in [0.717, 1.165) is 0 Å². The van der Waals surface area contributed by atoms with E-state index in [1.807, 2.05) is 13.8 Å². The van der Waals surface area contributed by atoms with E-state index in [2.05, 4.69) is 5.10 Å². The van der Waals surface area contributed by atoms with Crippen molar-refractivity contribution in [2.75, 3.05) is 6.61 Å². The third kappa shape index (κ3) is 2.04. The van der Waals surface area contributed by atoms with Crippen LogP contribution in [0, 0.1) is 0 Å². The van der Waals surface area contributed by atoms with Gasteiger partial charge >= 0.3 is 5.97 Å². The molecule has 5 heteroatoms. The summed E-state index contributed by atoms with van der Waals surface area (Å²) in [4.78, 5) is 22.5. The minimum Gasteiger partial charge on any atom is -0.462 e. The SMILES string of the molecule is CCOC(=O)c1cn(C(C)C)[nH]c1=O. The summed E-state index contributed by atoms with van der Waals surface area (Å²) < 4.78 is 6.31. The van der Waals surface area contributed by atoms with Crippen molar-refractivity contribution in [1.29, 1.82) is 0 Å². The molecule has 5 nitrogen and oxygen atoms in total. The van der Waals surface area contributed by atoms with Gasteiger partial charge in [0.1, 0.15) is 5.56 Å². The van der Waals surface area contributed by atoms with E-state index in [-0.39, 0.29) is 18.2 Å². The van der Waals surface area contributed by atoms with Gasteiger partial charge in [-0.2, -0.15) is 0 Å². The number of ether oxygens (including phenoxy) is 1. The fraction of sp³-hybridized carbons (Fsp3) is 0.556. The minimum absolute atomic E-state index is 0.0561. The second-order valence-electron chi connectivity index (χ2n) is 3.21. The normalized spacial score (nSPS) is 10.6. The number of H-pyrrole nitrogens is 1. The first-order valence-electron chi connectivity index (χ1n) is 4.54. The number of nitrogens with one attached hydrogen (secondary N) is 1. The Morgan fingerprint density at radius 1 is 1.64 bits per heavy atom. The van der Waals surface area contributed by atoms with E-state index < -0.39 is 11.5 Å². The molecule has 0 saturated heterocycles. The van der Waals surface area contributed by atoms with Crippen LogP contribution < -0.4 is 5.56 Å². The number of hydrogen-bond acceptors (Lipinski definition) is 3. The number of nitrogens with zero attached hydrogens (tertiary/aromatic N) is 1. The van der Waals surface area contributed by atoms with Gasteiger partial charge in [-0.1, -0.05) is 0 Å². The number of carbonyl (C=O) groups is 1. The molecule has 0 atom stereocenters. The van der Waals surface area contributed by atoms with Crippen LogP contribution >= 0.6 is 0 Å². The van der Waals surface area contributed by atoms with E-state index in [1.54, 1.807) is 11.6 Å². The van der Waals surface area contributed by atoms with Crippen molar-refractivity contribution in [3.8, 4) is 0 Å². The first-order chi connectivity index (χ1) is 6.56. The standard InChI is InChI=1S/C9H14N2O3/c1-4-14-9(13)7-5-11(6(2)3)10-8(7)12/h5-6H,4H2,1-3H3,(H,10,12). The maximum absolute atomic E-state index is 11.3.